The largest absolute Gasteiger partial charge is 0.378 e. The van der Waals surface area contributed by atoms with Crippen LogP contribution in [0, 0.1) is 19.7 Å². The smallest absolute Gasteiger partial charge is 0.323 e. The van der Waals surface area contributed by atoms with Crippen LogP contribution in [-0.4, -0.2) is 57.9 Å². The van der Waals surface area contributed by atoms with E-state index in [0.717, 1.165) is 57.9 Å². The lowest BCUT2D eigenvalue weighted by Gasteiger charge is -2.29. The molecule has 2 N–H and O–H groups in total. The third-order valence-electron chi connectivity index (χ3n) is 7.92. The van der Waals surface area contributed by atoms with Crippen molar-refractivity contribution in [2.24, 2.45) is 7.05 Å². The Morgan fingerprint density at radius 2 is 1.67 bits per heavy atom. The van der Waals surface area contributed by atoms with Crippen LogP contribution in [0.4, 0.5) is 26.4 Å². The van der Waals surface area contributed by atoms with Crippen molar-refractivity contribution >= 4 is 39.9 Å². The molecule has 45 heavy (non-hydrogen) atoms. The van der Waals surface area contributed by atoms with E-state index in [4.69, 9.17) is 14.7 Å². The Morgan fingerprint density at radius 3 is 2.33 bits per heavy atom. The molecule has 10 nitrogen and oxygen atoms in total. The van der Waals surface area contributed by atoms with Gasteiger partial charge in [0, 0.05) is 54.5 Å². The number of hydrogen-bond donors (Lipinski definition) is 2. The summed E-state index contributed by atoms with van der Waals surface area (Å²) < 4.78 is 22.0. The highest BCUT2D eigenvalue weighted by molar-refractivity contribution is 6.00. The van der Waals surface area contributed by atoms with Crippen LogP contribution in [-0.2, 0) is 23.0 Å². The zero-order chi connectivity index (χ0) is 31.7. The zero-order valence-electron chi connectivity index (χ0n) is 25.6. The van der Waals surface area contributed by atoms with Gasteiger partial charge in [0.05, 0.1) is 30.1 Å². The van der Waals surface area contributed by atoms with E-state index in [9.17, 15) is 14.0 Å². The molecule has 5 aromatic rings. The van der Waals surface area contributed by atoms with Gasteiger partial charge in [0.15, 0.2) is 5.82 Å². The zero-order valence-corrected chi connectivity index (χ0v) is 25.6. The molecule has 230 valence electrons. The van der Waals surface area contributed by atoms with Crippen molar-refractivity contribution in [2.45, 2.75) is 27.2 Å². The standard InChI is InChI=1S/C34H34FN7O3/c1-20(43)17-23-5-12-29(28(35)18-23)38-34(44)36-26-9-6-24(7-10-26)32-37-30-19-25(31-21(2)40-41(4)22(31)3)8-11-27(30)33(39-32)42-13-15-45-16-14-42/h5-12,18-19H,13-17H2,1-4H3,(H2,36,38,44). The molecule has 3 heterocycles. The molecule has 3 aromatic carbocycles. The van der Waals surface area contributed by atoms with Gasteiger partial charge < -0.3 is 20.3 Å². The number of morpholine rings is 1. The molecule has 0 atom stereocenters. The number of halogens is 1. The first-order chi connectivity index (χ1) is 21.7. The number of Topliss-reactive ketones (excluding diaryl/α,β-unsaturated/α-hetero) is 1. The normalized spacial score (nSPS) is 13.2. The predicted octanol–water partition coefficient (Wildman–Crippen LogP) is 6.07. The highest BCUT2D eigenvalue weighted by Gasteiger charge is 2.20. The van der Waals surface area contributed by atoms with Gasteiger partial charge in [0.25, 0.3) is 0 Å². The van der Waals surface area contributed by atoms with E-state index in [1.54, 1.807) is 18.2 Å². The van der Waals surface area contributed by atoms with Crippen LogP contribution in [0.15, 0.2) is 60.7 Å². The Balaban J connectivity index is 1.27. The number of aryl methyl sites for hydroxylation is 2. The summed E-state index contributed by atoms with van der Waals surface area (Å²) in [5, 5.41) is 10.8. The number of fused-ring (bicyclic) bond motifs is 1. The number of aromatic nitrogens is 4. The first-order valence-corrected chi connectivity index (χ1v) is 14.8. The van der Waals surface area contributed by atoms with Gasteiger partial charge in [-0.2, -0.15) is 5.10 Å². The first-order valence-electron chi connectivity index (χ1n) is 14.8. The fraction of sp³-hybridized carbons (Fsp3) is 0.265. The van der Waals surface area contributed by atoms with Crippen molar-refractivity contribution in [1.29, 1.82) is 0 Å². The fourth-order valence-electron chi connectivity index (χ4n) is 5.65. The average molecular weight is 608 g/mol. The Morgan fingerprint density at radius 1 is 0.933 bits per heavy atom. The molecule has 1 fully saturated rings. The Kier molecular flexibility index (Phi) is 8.27. The SMILES string of the molecule is CC(=O)Cc1ccc(NC(=O)Nc2ccc(-c3nc(N4CCOCC4)c4ccc(-c5c(C)nn(C)c5C)cc4n3)cc2)c(F)c1. The number of rotatable bonds is 7. The molecule has 1 aliphatic heterocycles. The molecule has 2 amide bonds. The van der Waals surface area contributed by atoms with Gasteiger partial charge in [-0.15, -0.1) is 0 Å². The highest BCUT2D eigenvalue weighted by atomic mass is 19.1. The second-order valence-corrected chi connectivity index (χ2v) is 11.2. The third kappa shape index (κ3) is 6.39. The van der Waals surface area contributed by atoms with E-state index < -0.39 is 11.8 Å². The number of anilines is 3. The second kappa shape index (κ2) is 12.4. The van der Waals surface area contributed by atoms with Crippen molar-refractivity contribution < 1.29 is 18.7 Å². The minimum atomic E-state index is -0.610. The summed E-state index contributed by atoms with van der Waals surface area (Å²) in [5.74, 6) is 0.732. The fourth-order valence-corrected chi connectivity index (χ4v) is 5.65. The van der Waals surface area contributed by atoms with E-state index in [-0.39, 0.29) is 17.9 Å². The molecule has 0 bridgehead atoms. The monoisotopic (exact) mass is 607 g/mol. The molecular formula is C34H34FN7O3. The van der Waals surface area contributed by atoms with Crippen molar-refractivity contribution in [3.8, 4) is 22.5 Å². The average Bonchev–Trinajstić information content (AvgIpc) is 3.28. The van der Waals surface area contributed by atoms with Crippen LogP contribution in [0.2, 0.25) is 0 Å². The summed E-state index contributed by atoms with van der Waals surface area (Å²) in [6.45, 7) is 8.22. The van der Waals surface area contributed by atoms with Gasteiger partial charge in [-0.3, -0.25) is 9.48 Å². The van der Waals surface area contributed by atoms with Crippen molar-refractivity contribution in [1.82, 2.24) is 19.7 Å². The maximum absolute atomic E-state index is 14.5. The van der Waals surface area contributed by atoms with Crippen molar-refractivity contribution in [3.05, 3.63) is 83.4 Å². The number of carbonyl (C=O) groups is 2. The van der Waals surface area contributed by atoms with Crippen LogP contribution in [0.1, 0.15) is 23.9 Å². The number of amides is 2. The predicted molar refractivity (Wildman–Crippen MR) is 173 cm³/mol. The number of urea groups is 1. The minimum absolute atomic E-state index is 0.0210. The summed E-state index contributed by atoms with van der Waals surface area (Å²) in [4.78, 5) is 36.1. The van der Waals surface area contributed by atoms with E-state index >= 15 is 0 Å². The summed E-state index contributed by atoms with van der Waals surface area (Å²) in [7, 11) is 1.94. The molecule has 1 aliphatic rings. The lowest BCUT2D eigenvalue weighted by atomic mass is 10.0. The molecule has 6 rings (SSSR count). The molecule has 0 unspecified atom stereocenters. The van der Waals surface area contributed by atoms with Crippen LogP contribution < -0.4 is 15.5 Å². The topological polar surface area (TPSA) is 114 Å². The number of nitrogens with zero attached hydrogens (tertiary/aromatic N) is 5. The molecule has 2 aromatic heterocycles. The summed E-state index contributed by atoms with van der Waals surface area (Å²) in [6, 6.07) is 17.2. The summed E-state index contributed by atoms with van der Waals surface area (Å²) in [5.41, 5.74) is 6.85. The second-order valence-electron chi connectivity index (χ2n) is 11.2. The molecule has 0 radical (unpaired) electrons. The molecule has 0 aliphatic carbocycles. The lowest BCUT2D eigenvalue weighted by molar-refractivity contribution is -0.116. The number of benzene rings is 3. The van der Waals surface area contributed by atoms with E-state index in [2.05, 4.69) is 45.8 Å². The highest BCUT2D eigenvalue weighted by Crippen LogP contribution is 2.34. The maximum Gasteiger partial charge on any atom is 0.323 e. The van der Waals surface area contributed by atoms with E-state index in [0.29, 0.717) is 30.3 Å². The minimum Gasteiger partial charge on any atom is -0.378 e. The molecule has 0 spiro atoms. The summed E-state index contributed by atoms with van der Waals surface area (Å²) in [6.07, 6.45) is 0.135. The van der Waals surface area contributed by atoms with Crippen LogP contribution in [0.25, 0.3) is 33.4 Å². The van der Waals surface area contributed by atoms with Crippen LogP contribution in [0.3, 0.4) is 0 Å². The molecule has 1 saturated heterocycles. The van der Waals surface area contributed by atoms with E-state index in [1.807, 2.05) is 30.8 Å². The maximum atomic E-state index is 14.5. The molecule has 11 heteroatoms. The van der Waals surface area contributed by atoms with E-state index in [1.165, 1.54) is 19.1 Å². The third-order valence-corrected chi connectivity index (χ3v) is 7.92. The van der Waals surface area contributed by atoms with Gasteiger partial charge in [-0.1, -0.05) is 12.1 Å². The van der Waals surface area contributed by atoms with Crippen molar-refractivity contribution in [3.63, 3.8) is 0 Å². The number of nitrogens with one attached hydrogen (secondary N) is 2. The number of ketones is 1. The summed E-state index contributed by atoms with van der Waals surface area (Å²) >= 11 is 0. The Labute approximate surface area is 260 Å². The molecular weight excluding hydrogens is 573 g/mol. The Bertz CT molecular complexity index is 1910. The van der Waals surface area contributed by atoms with Gasteiger partial charge in [0.1, 0.15) is 17.4 Å². The van der Waals surface area contributed by atoms with Crippen LogP contribution >= 0.6 is 0 Å². The first kappa shape index (κ1) is 29.9. The van der Waals surface area contributed by atoms with Gasteiger partial charge in [-0.25, -0.2) is 19.2 Å². The Hall–Kier alpha value is -5.16. The van der Waals surface area contributed by atoms with Gasteiger partial charge in [0.2, 0.25) is 0 Å². The van der Waals surface area contributed by atoms with Gasteiger partial charge in [-0.05, 0) is 80.4 Å². The number of hydrogen-bond acceptors (Lipinski definition) is 7. The van der Waals surface area contributed by atoms with Crippen LogP contribution in [0.5, 0.6) is 0 Å². The number of carbonyl (C=O) groups excluding carboxylic acids is 2. The van der Waals surface area contributed by atoms with Crippen molar-refractivity contribution in [2.75, 3.05) is 41.8 Å². The number of ether oxygens (including phenoxy) is 1. The quantitative estimate of drug-likeness (QED) is 0.231. The molecule has 0 saturated carbocycles. The lowest BCUT2D eigenvalue weighted by Crippen LogP contribution is -2.37. The van der Waals surface area contributed by atoms with Gasteiger partial charge >= 0.3 is 6.03 Å².